The number of methoxy groups -OCH3 is 1. The maximum atomic E-state index is 12.7. The highest BCUT2D eigenvalue weighted by Gasteiger charge is 2.31. The van der Waals surface area contributed by atoms with Gasteiger partial charge in [0.2, 0.25) is 0 Å². The van der Waals surface area contributed by atoms with Crippen molar-refractivity contribution in [1.82, 2.24) is 0 Å². The van der Waals surface area contributed by atoms with E-state index in [0.717, 1.165) is 22.4 Å². The van der Waals surface area contributed by atoms with Crippen molar-refractivity contribution < 1.29 is 19.1 Å². The lowest BCUT2D eigenvalue weighted by atomic mass is 9.71. The fraction of sp³-hybridized carbons (Fsp3) is 0.133. The molecule has 0 aliphatic heterocycles. The number of rotatable bonds is 7. The molecule has 1 atom stereocenters. The van der Waals surface area contributed by atoms with Gasteiger partial charge in [0, 0.05) is 11.0 Å². The van der Waals surface area contributed by atoms with Gasteiger partial charge in [-0.3, -0.25) is 4.79 Å². The summed E-state index contributed by atoms with van der Waals surface area (Å²) in [4.78, 5) is 24.6. The molecule has 0 aromatic heterocycles. The van der Waals surface area contributed by atoms with E-state index < -0.39 is 11.4 Å². The Morgan fingerprint density at radius 1 is 0.618 bits per heavy atom. The van der Waals surface area contributed by atoms with Crippen molar-refractivity contribution >= 4 is 11.8 Å². The van der Waals surface area contributed by atoms with Crippen LogP contribution in [0.2, 0.25) is 0 Å². The van der Waals surface area contributed by atoms with Crippen LogP contribution in [0.5, 0.6) is 11.5 Å². The summed E-state index contributed by atoms with van der Waals surface area (Å²) < 4.78 is 10.9. The van der Waals surface area contributed by atoms with E-state index in [4.69, 9.17) is 9.47 Å². The smallest absolute Gasteiger partial charge is 0.344 e. The second-order valence-corrected chi connectivity index (χ2v) is 8.24. The highest BCUT2D eigenvalue weighted by molar-refractivity contribution is 6.05. The predicted molar refractivity (Wildman–Crippen MR) is 133 cm³/mol. The van der Waals surface area contributed by atoms with Gasteiger partial charge in [0.25, 0.3) is 0 Å². The SMILES string of the molecule is COc1ccc(C(C)(c2ccccc2)c2ccc(OC(=O)c3ccccc3C(C)=O)cc2)cc1. The molecule has 4 aromatic rings. The van der Waals surface area contributed by atoms with Crippen LogP contribution < -0.4 is 9.47 Å². The Bertz CT molecular complexity index is 1290. The first-order valence-corrected chi connectivity index (χ1v) is 11.1. The minimum atomic E-state index is -0.556. The first kappa shape index (κ1) is 23.0. The summed E-state index contributed by atoms with van der Waals surface area (Å²) in [5.41, 5.74) is 3.47. The molecule has 0 saturated heterocycles. The van der Waals surface area contributed by atoms with E-state index in [1.54, 1.807) is 43.5 Å². The molecule has 34 heavy (non-hydrogen) atoms. The standard InChI is InChI=1S/C30H26O4/c1-21(31)27-11-7-8-12-28(27)29(32)34-26-19-15-24(16-20-26)30(2,22-9-5-4-6-10-22)23-13-17-25(33-3)18-14-23/h4-20H,1-3H3. The molecule has 0 radical (unpaired) electrons. The van der Waals surface area contributed by atoms with Gasteiger partial charge in [-0.2, -0.15) is 0 Å². The molecule has 0 heterocycles. The molecule has 0 fully saturated rings. The maximum Gasteiger partial charge on any atom is 0.344 e. The van der Waals surface area contributed by atoms with E-state index in [2.05, 4.69) is 31.2 Å². The Kier molecular flexibility index (Phi) is 6.60. The molecular formula is C30H26O4. The molecule has 0 aliphatic carbocycles. The van der Waals surface area contributed by atoms with Crippen LogP contribution in [-0.4, -0.2) is 18.9 Å². The van der Waals surface area contributed by atoms with Crippen molar-refractivity contribution in [2.45, 2.75) is 19.3 Å². The fourth-order valence-corrected chi connectivity index (χ4v) is 4.18. The van der Waals surface area contributed by atoms with Gasteiger partial charge in [-0.05, 0) is 60.9 Å². The molecule has 170 valence electrons. The highest BCUT2D eigenvalue weighted by Crippen LogP contribution is 2.39. The number of benzene rings is 4. The zero-order valence-electron chi connectivity index (χ0n) is 19.4. The zero-order chi connectivity index (χ0) is 24.1. The van der Waals surface area contributed by atoms with Crippen LogP contribution in [0.1, 0.15) is 51.3 Å². The second-order valence-electron chi connectivity index (χ2n) is 8.24. The average Bonchev–Trinajstić information content (AvgIpc) is 2.89. The summed E-state index contributed by atoms with van der Waals surface area (Å²) in [5.74, 6) is 0.477. The van der Waals surface area contributed by atoms with Gasteiger partial charge in [-0.1, -0.05) is 72.8 Å². The van der Waals surface area contributed by atoms with Crippen molar-refractivity contribution in [1.29, 1.82) is 0 Å². The Morgan fingerprint density at radius 3 is 1.62 bits per heavy atom. The van der Waals surface area contributed by atoms with Gasteiger partial charge in [0.15, 0.2) is 5.78 Å². The number of carbonyl (C=O) groups is 2. The van der Waals surface area contributed by atoms with Crippen molar-refractivity contribution in [3.63, 3.8) is 0 Å². The van der Waals surface area contributed by atoms with Crippen LogP contribution in [0.15, 0.2) is 103 Å². The van der Waals surface area contributed by atoms with Gasteiger partial charge in [0.05, 0.1) is 12.7 Å². The maximum absolute atomic E-state index is 12.7. The van der Waals surface area contributed by atoms with Crippen molar-refractivity contribution in [2.75, 3.05) is 7.11 Å². The van der Waals surface area contributed by atoms with Crippen LogP contribution in [0.25, 0.3) is 0 Å². The molecule has 4 rings (SSSR count). The number of hydrogen-bond donors (Lipinski definition) is 0. The van der Waals surface area contributed by atoms with E-state index in [1.165, 1.54) is 6.92 Å². The molecule has 0 bridgehead atoms. The van der Waals surface area contributed by atoms with Crippen molar-refractivity contribution in [3.05, 3.63) is 131 Å². The quantitative estimate of drug-likeness (QED) is 0.140. The van der Waals surface area contributed by atoms with Gasteiger partial charge in [-0.15, -0.1) is 0 Å². The molecule has 4 aromatic carbocycles. The third kappa shape index (κ3) is 4.48. The molecule has 1 unspecified atom stereocenters. The Hall–Kier alpha value is -4.18. The van der Waals surface area contributed by atoms with E-state index in [-0.39, 0.29) is 11.3 Å². The summed E-state index contributed by atoms with van der Waals surface area (Å²) >= 11 is 0. The van der Waals surface area contributed by atoms with Gasteiger partial charge in [-0.25, -0.2) is 4.79 Å². The van der Waals surface area contributed by atoms with Crippen LogP contribution >= 0.6 is 0 Å². The first-order valence-electron chi connectivity index (χ1n) is 11.1. The first-order chi connectivity index (χ1) is 16.4. The number of ether oxygens (including phenoxy) is 2. The van der Waals surface area contributed by atoms with Crippen LogP contribution in [0.4, 0.5) is 0 Å². The molecule has 0 aliphatic rings. The number of hydrogen-bond acceptors (Lipinski definition) is 4. The number of esters is 1. The number of carbonyl (C=O) groups excluding carboxylic acids is 2. The normalized spacial score (nSPS) is 12.4. The van der Waals surface area contributed by atoms with Gasteiger partial charge in [0.1, 0.15) is 11.5 Å². The largest absolute Gasteiger partial charge is 0.497 e. The minimum Gasteiger partial charge on any atom is -0.497 e. The fourth-order valence-electron chi connectivity index (χ4n) is 4.18. The second kappa shape index (κ2) is 9.75. The highest BCUT2D eigenvalue weighted by atomic mass is 16.5. The summed E-state index contributed by atoms with van der Waals surface area (Å²) in [5, 5.41) is 0. The van der Waals surface area contributed by atoms with Crippen LogP contribution in [0, 0.1) is 0 Å². The Morgan fingerprint density at radius 2 is 1.09 bits per heavy atom. The zero-order valence-corrected chi connectivity index (χ0v) is 19.4. The molecular weight excluding hydrogens is 424 g/mol. The third-order valence-corrected chi connectivity index (χ3v) is 6.19. The Balaban J connectivity index is 1.67. The molecule has 4 heteroatoms. The van der Waals surface area contributed by atoms with E-state index >= 15 is 0 Å². The monoisotopic (exact) mass is 450 g/mol. The predicted octanol–water partition coefficient (Wildman–Crippen LogP) is 6.47. The lowest BCUT2D eigenvalue weighted by molar-refractivity contribution is 0.0730. The summed E-state index contributed by atoms with van der Waals surface area (Å²) in [7, 11) is 1.65. The van der Waals surface area contributed by atoms with Crippen LogP contribution in [-0.2, 0) is 5.41 Å². The van der Waals surface area contributed by atoms with E-state index in [1.807, 2.05) is 42.5 Å². The average molecular weight is 451 g/mol. The van der Waals surface area contributed by atoms with Crippen molar-refractivity contribution in [2.24, 2.45) is 0 Å². The molecule has 0 saturated carbocycles. The van der Waals surface area contributed by atoms with Gasteiger partial charge >= 0.3 is 5.97 Å². The van der Waals surface area contributed by atoms with Crippen LogP contribution in [0.3, 0.4) is 0 Å². The topological polar surface area (TPSA) is 52.6 Å². The molecule has 0 spiro atoms. The summed E-state index contributed by atoms with van der Waals surface area (Å²) in [6, 6.07) is 32.5. The lowest BCUT2D eigenvalue weighted by Gasteiger charge is -2.32. The number of Topliss-reactive ketones (excluding diaryl/α,β-unsaturated/α-hetero) is 1. The molecule has 4 nitrogen and oxygen atoms in total. The van der Waals surface area contributed by atoms with Gasteiger partial charge < -0.3 is 9.47 Å². The summed E-state index contributed by atoms with van der Waals surface area (Å²) in [6.45, 7) is 3.61. The van der Waals surface area contributed by atoms with Crippen molar-refractivity contribution in [3.8, 4) is 11.5 Å². The lowest BCUT2D eigenvalue weighted by Crippen LogP contribution is -2.25. The summed E-state index contributed by atoms with van der Waals surface area (Å²) in [6.07, 6.45) is 0. The minimum absolute atomic E-state index is 0.180. The number of ketones is 1. The molecule has 0 amide bonds. The third-order valence-electron chi connectivity index (χ3n) is 6.19. The van der Waals surface area contributed by atoms with E-state index in [9.17, 15) is 9.59 Å². The van der Waals surface area contributed by atoms with E-state index in [0.29, 0.717) is 11.3 Å². The molecule has 0 N–H and O–H groups in total. The Labute approximate surface area is 199 Å².